The van der Waals surface area contributed by atoms with Gasteiger partial charge in [0.1, 0.15) is 5.69 Å². The number of anilines is 4. The monoisotopic (exact) mass is 623 g/mol. The number of hydrogen-bond donors (Lipinski definition) is 5. The van der Waals surface area contributed by atoms with Gasteiger partial charge < -0.3 is 36.3 Å². The van der Waals surface area contributed by atoms with Crippen LogP contribution < -0.4 is 21.3 Å². The van der Waals surface area contributed by atoms with E-state index in [9.17, 15) is 9.90 Å². The zero-order valence-electron chi connectivity index (χ0n) is 26.6. The number of carbonyl (C=O) groups is 1. The Morgan fingerprint density at radius 1 is 0.891 bits per heavy atom. The first-order chi connectivity index (χ1) is 22.4. The highest BCUT2D eigenvalue weighted by atomic mass is 16.3. The fourth-order valence-corrected chi connectivity index (χ4v) is 7.26. The molecule has 0 atom stereocenters. The van der Waals surface area contributed by atoms with Crippen LogP contribution in [0.4, 0.5) is 23.0 Å². The van der Waals surface area contributed by atoms with E-state index in [1.807, 2.05) is 42.6 Å². The molecule has 1 aliphatic carbocycles. The summed E-state index contributed by atoms with van der Waals surface area (Å²) in [5, 5.41) is 18.0. The van der Waals surface area contributed by atoms with Crippen molar-refractivity contribution < 1.29 is 9.90 Å². The van der Waals surface area contributed by atoms with Gasteiger partial charge in [-0.25, -0.2) is 9.97 Å². The van der Waals surface area contributed by atoms with Crippen molar-refractivity contribution in [1.82, 2.24) is 24.8 Å². The molecule has 0 unspecified atom stereocenters. The number of hydrogen-bond acceptors (Lipinski definition) is 9. The topological polar surface area (TPSA) is 139 Å². The van der Waals surface area contributed by atoms with Crippen LogP contribution in [0.3, 0.4) is 0 Å². The predicted molar refractivity (Wildman–Crippen MR) is 184 cm³/mol. The van der Waals surface area contributed by atoms with Crippen molar-refractivity contribution in [3.8, 4) is 11.3 Å². The maximum atomic E-state index is 12.8. The number of nitrogens with two attached hydrogens (primary N) is 1. The molecular weight excluding hydrogens is 578 g/mol. The Labute approximate surface area is 270 Å². The maximum Gasteiger partial charge on any atom is 0.271 e. The van der Waals surface area contributed by atoms with Crippen molar-refractivity contribution in [3.05, 3.63) is 60.4 Å². The van der Waals surface area contributed by atoms with Gasteiger partial charge in [-0.1, -0.05) is 12.1 Å². The van der Waals surface area contributed by atoms with E-state index in [0.29, 0.717) is 23.4 Å². The minimum absolute atomic E-state index is 0.0854. The predicted octanol–water partition coefficient (Wildman–Crippen LogP) is 4.40. The molecule has 2 saturated heterocycles. The molecule has 3 fully saturated rings. The molecule has 4 aromatic rings. The molecule has 242 valence electrons. The number of aromatic nitrogens is 3. The third kappa shape index (κ3) is 6.53. The van der Waals surface area contributed by atoms with Crippen molar-refractivity contribution in [2.75, 3.05) is 61.8 Å². The minimum atomic E-state index is -0.648. The van der Waals surface area contributed by atoms with Crippen molar-refractivity contribution in [3.63, 3.8) is 0 Å². The molecule has 0 radical (unpaired) electrons. The molecule has 0 spiro atoms. The lowest BCUT2D eigenvalue weighted by Gasteiger charge is -2.42. The van der Waals surface area contributed by atoms with Crippen LogP contribution in [-0.2, 0) is 0 Å². The molecule has 2 aromatic heterocycles. The lowest BCUT2D eigenvalue weighted by molar-refractivity contribution is 0.0982. The van der Waals surface area contributed by atoms with E-state index in [1.54, 1.807) is 0 Å². The van der Waals surface area contributed by atoms with Gasteiger partial charge in [-0.2, -0.15) is 0 Å². The number of primary amides is 1. The number of nitrogens with one attached hydrogen (secondary N) is 3. The third-order valence-electron chi connectivity index (χ3n) is 10.0. The van der Waals surface area contributed by atoms with Crippen LogP contribution >= 0.6 is 0 Å². The van der Waals surface area contributed by atoms with Gasteiger partial charge in [0.15, 0.2) is 17.3 Å². The molecule has 2 aromatic carbocycles. The molecule has 0 bridgehead atoms. The number of piperidine rings is 1. The molecule has 46 heavy (non-hydrogen) atoms. The largest absolute Gasteiger partial charge is 0.393 e. The van der Waals surface area contributed by atoms with Crippen molar-refractivity contribution in [2.45, 2.75) is 56.7 Å². The molecule has 11 heteroatoms. The Morgan fingerprint density at radius 2 is 1.63 bits per heavy atom. The Hall–Kier alpha value is -4.19. The Kier molecular flexibility index (Phi) is 8.79. The number of nitrogens with zero attached hydrogens (tertiary/aromatic N) is 5. The van der Waals surface area contributed by atoms with Crippen LogP contribution in [0, 0.1) is 0 Å². The van der Waals surface area contributed by atoms with Gasteiger partial charge in [0.2, 0.25) is 0 Å². The molecule has 4 heterocycles. The molecule has 1 amide bonds. The third-order valence-corrected chi connectivity index (χ3v) is 10.0. The molecule has 2 aliphatic heterocycles. The zero-order valence-corrected chi connectivity index (χ0v) is 26.6. The van der Waals surface area contributed by atoms with Gasteiger partial charge in [-0.05, 0) is 82.0 Å². The van der Waals surface area contributed by atoms with Crippen LogP contribution in [0.25, 0.3) is 22.2 Å². The van der Waals surface area contributed by atoms with Gasteiger partial charge in [0.05, 0.1) is 6.10 Å². The maximum absolute atomic E-state index is 12.8. The van der Waals surface area contributed by atoms with Gasteiger partial charge in [-0.3, -0.25) is 9.69 Å². The van der Waals surface area contributed by atoms with E-state index in [1.165, 1.54) is 31.6 Å². The first-order valence-corrected chi connectivity index (χ1v) is 16.7. The van der Waals surface area contributed by atoms with Crippen LogP contribution in [-0.4, -0.2) is 100 Å². The summed E-state index contributed by atoms with van der Waals surface area (Å²) in [6, 6.07) is 17.1. The summed E-state index contributed by atoms with van der Waals surface area (Å²) < 4.78 is 0. The van der Waals surface area contributed by atoms with Gasteiger partial charge in [0, 0.05) is 85.4 Å². The van der Waals surface area contributed by atoms with Crippen LogP contribution in [0.2, 0.25) is 0 Å². The molecule has 11 nitrogen and oxygen atoms in total. The van der Waals surface area contributed by atoms with Crippen LogP contribution in [0.1, 0.15) is 49.0 Å². The summed E-state index contributed by atoms with van der Waals surface area (Å²) in [6.07, 6.45) is 7.10. The summed E-state index contributed by atoms with van der Waals surface area (Å²) >= 11 is 0. The number of H-pyrrole nitrogens is 1. The van der Waals surface area contributed by atoms with E-state index < -0.39 is 5.91 Å². The lowest BCUT2D eigenvalue weighted by Crippen LogP contribution is -2.52. The van der Waals surface area contributed by atoms with Gasteiger partial charge >= 0.3 is 0 Å². The number of fused-ring (bicyclic) bond motifs is 1. The van der Waals surface area contributed by atoms with Gasteiger partial charge in [0.25, 0.3) is 5.91 Å². The van der Waals surface area contributed by atoms with Crippen LogP contribution in [0.5, 0.6) is 0 Å². The highest BCUT2D eigenvalue weighted by Crippen LogP contribution is 2.35. The van der Waals surface area contributed by atoms with Crippen molar-refractivity contribution in [2.24, 2.45) is 5.73 Å². The number of aliphatic hydroxyl groups excluding tert-OH is 1. The Balaban J connectivity index is 1.12. The fraction of sp³-hybridized carbons (Fsp3) is 0.457. The number of aliphatic hydroxyl groups is 1. The average Bonchev–Trinajstić information content (AvgIpc) is 3.56. The number of aromatic amines is 1. The van der Waals surface area contributed by atoms with Crippen molar-refractivity contribution >= 4 is 39.8 Å². The average molecular weight is 624 g/mol. The second-order valence-corrected chi connectivity index (χ2v) is 13.1. The number of piperazine rings is 1. The summed E-state index contributed by atoms with van der Waals surface area (Å²) in [5.41, 5.74) is 10.4. The standard InChI is InChI=1S/C35H45N9O2/c1-42-19-21-44(22-20-42)26-14-17-43(18-15-26)25-9-5-23(6-10-25)39-35-32(33(36)46)40-31(29-3-2-4-30-28(29)13-16-37-30)34(41-35)38-24-7-11-27(45)12-8-24/h2-6,9-10,13,16,24,26-27,37,45H,7-8,11-12,14-15,17-22H2,1H3,(H2,36,46)(H2,38,39,41)/t24-,27-. The number of rotatable bonds is 8. The summed E-state index contributed by atoms with van der Waals surface area (Å²) in [5.74, 6) is 0.253. The van der Waals surface area contributed by atoms with Crippen LogP contribution in [0.15, 0.2) is 54.7 Å². The first kappa shape index (κ1) is 30.5. The molecular formula is C35H45N9O2. The normalized spacial score (nSPS) is 21.8. The van der Waals surface area contributed by atoms with E-state index in [0.717, 1.165) is 74.0 Å². The van der Waals surface area contributed by atoms with E-state index in [2.05, 4.69) is 49.5 Å². The molecule has 3 aliphatic rings. The SMILES string of the molecule is CN1CCN(C2CCN(c3ccc(Nc4nc(N[C@H]5CC[C@H](O)CC5)c(-c5cccc6[nH]ccc56)nc4C(N)=O)cc3)CC2)CC1. The quantitative estimate of drug-likeness (QED) is 0.193. The second kappa shape index (κ2) is 13.3. The number of likely N-dealkylation sites (N-methyl/N-ethyl adjacent to an activating group) is 1. The Bertz CT molecular complexity index is 1650. The fourth-order valence-electron chi connectivity index (χ4n) is 7.26. The molecule has 7 rings (SSSR count). The van der Waals surface area contributed by atoms with E-state index in [-0.39, 0.29) is 17.8 Å². The highest BCUT2D eigenvalue weighted by Gasteiger charge is 2.28. The summed E-state index contributed by atoms with van der Waals surface area (Å²) in [4.78, 5) is 33.4. The smallest absolute Gasteiger partial charge is 0.271 e. The Morgan fingerprint density at radius 3 is 2.35 bits per heavy atom. The zero-order chi connectivity index (χ0) is 31.6. The van der Waals surface area contributed by atoms with E-state index >= 15 is 0 Å². The van der Waals surface area contributed by atoms with Crippen molar-refractivity contribution in [1.29, 1.82) is 0 Å². The summed E-state index contributed by atoms with van der Waals surface area (Å²) in [6.45, 7) is 6.74. The number of amides is 1. The number of benzene rings is 2. The molecule has 6 N–H and O–H groups in total. The minimum Gasteiger partial charge on any atom is -0.393 e. The molecule has 1 saturated carbocycles. The number of carbonyl (C=O) groups excluding carboxylic acids is 1. The second-order valence-electron chi connectivity index (χ2n) is 13.1. The van der Waals surface area contributed by atoms with E-state index in [4.69, 9.17) is 15.7 Å². The van der Waals surface area contributed by atoms with Gasteiger partial charge in [-0.15, -0.1) is 0 Å². The first-order valence-electron chi connectivity index (χ1n) is 16.7. The lowest BCUT2D eigenvalue weighted by atomic mass is 9.93. The summed E-state index contributed by atoms with van der Waals surface area (Å²) in [7, 11) is 2.21. The highest BCUT2D eigenvalue weighted by molar-refractivity contribution is 6.00.